The normalized spacial score (nSPS) is 35.1. The molecule has 58 heavy (non-hydrogen) atoms. The van der Waals surface area contributed by atoms with Crippen LogP contribution >= 0.6 is 0 Å². The minimum atomic E-state index is 0.114. The first-order valence-electron chi connectivity index (χ1n) is 23.0. The molecule has 0 aromatic carbocycles. The molecule has 1 saturated heterocycles. The van der Waals surface area contributed by atoms with E-state index in [1.807, 2.05) is 0 Å². The Morgan fingerprint density at radius 1 is 0.690 bits per heavy atom. The van der Waals surface area contributed by atoms with Crippen LogP contribution in [-0.4, -0.2) is 27.7 Å². The average Bonchev–Trinajstić information content (AvgIpc) is 3.84. The summed E-state index contributed by atoms with van der Waals surface area (Å²) in [6.07, 6.45) is 66.2. The van der Waals surface area contributed by atoms with Gasteiger partial charge in [0.25, 0.3) is 0 Å². The Morgan fingerprint density at radius 3 is 2.47 bits per heavy atom. The minimum absolute atomic E-state index is 0.114. The first kappa shape index (κ1) is 35.2. The van der Waals surface area contributed by atoms with Gasteiger partial charge in [-0.3, -0.25) is 5.32 Å². The van der Waals surface area contributed by atoms with Gasteiger partial charge in [0.15, 0.2) is 0 Å². The number of fused-ring (bicyclic) bond motifs is 10. The van der Waals surface area contributed by atoms with Gasteiger partial charge < -0.3 is 14.8 Å². The van der Waals surface area contributed by atoms with Crippen molar-refractivity contribution in [2.75, 3.05) is 0 Å². The lowest BCUT2D eigenvalue weighted by Crippen LogP contribution is -2.54. The second-order valence-electron chi connectivity index (χ2n) is 18.6. The van der Waals surface area contributed by atoms with Crippen molar-refractivity contribution in [2.45, 2.75) is 114 Å². The molecule has 3 heterocycles. The number of aromatic nitrogens is 1. The van der Waals surface area contributed by atoms with Gasteiger partial charge in [-0.1, -0.05) is 115 Å². The zero-order chi connectivity index (χ0) is 38.2. The first-order valence-corrected chi connectivity index (χ1v) is 23.0. The molecule has 0 amide bonds. The lowest BCUT2D eigenvalue weighted by atomic mass is 9.69. The van der Waals surface area contributed by atoms with Gasteiger partial charge in [-0.25, -0.2) is 0 Å². The van der Waals surface area contributed by atoms with E-state index < -0.39 is 0 Å². The van der Waals surface area contributed by atoms with Crippen molar-refractivity contribution in [3.63, 3.8) is 0 Å². The number of allylic oxidation sites excluding steroid dienone is 19. The molecule has 9 atom stereocenters. The number of hydrogen-bond donors (Lipinski definition) is 2. The summed E-state index contributed by atoms with van der Waals surface area (Å²) >= 11 is 0. The largest absolute Gasteiger partial charge is 0.366 e. The fourth-order valence-corrected chi connectivity index (χ4v) is 13.0. The summed E-state index contributed by atoms with van der Waals surface area (Å²) in [5.74, 6) is 2.30. The zero-order valence-electron chi connectivity index (χ0n) is 33.9. The lowest BCUT2D eigenvalue weighted by molar-refractivity contribution is 0.244. The van der Waals surface area contributed by atoms with Crippen molar-refractivity contribution >= 4 is 11.6 Å². The van der Waals surface area contributed by atoms with Gasteiger partial charge >= 0.3 is 0 Å². The highest BCUT2D eigenvalue weighted by molar-refractivity contribution is 5.83. The third kappa shape index (κ3) is 5.64. The molecule has 11 aliphatic rings. The highest BCUT2D eigenvalue weighted by atomic mass is 15.3. The van der Waals surface area contributed by atoms with E-state index in [1.54, 1.807) is 33.5 Å². The van der Waals surface area contributed by atoms with Crippen LogP contribution < -0.4 is 10.6 Å². The SMILES string of the molecule is C1=CCCC(N2C3C=CC=CC3C3C4=C(CCC=C4)c4c5c(n(C6C=CC(C7NC(C8=CCCC(C9C=CC=CC9)C8)=C8C=CCCC8N7)=CC6)c4C32)C=CCC5)=C1. The Labute approximate surface area is 345 Å². The Morgan fingerprint density at radius 2 is 1.57 bits per heavy atom. The van der Waals surface area contributed by atoms with Gasteiger partial charge in [-0.2, -0.15) is 0 Å². The quantitative estimate of drug-likeness (QED) is 0.313. The van der Waals surface area contributed by atoms with Crippen molar-refractivity contribution in [1.29, 1.82) is 0 Å². The van der Waals surface area contributed by atoms with Crippen molar-refractivity contribution in [2.24, 2.45) is 23.7 Å². The summed E-state index contributed by atoms with van der Waals surface area (Å²) in [6.45, 7) is 0. The predicted octanol–water partition coefficient (Wildman–Crippen LogP) is 11.7. The molecule has 2 N–H and O–H groups in total. The van der Waals surface area contributed by atoms with Gasteiger partial charge in [0.05, 0.1) is 18.1 Å². The molecule has 1 fully saturated rings. The first-order chi connectivity index (χ1) is 28.8. The van der Waals surface area contributed by atoms with Crippen molar-refractivity contribution in [1.82, 2.24) is 20.1 Å². The fraction of sp³-hybridized carbons (Fsp3) is 0.407. The molecular weight excluding hydrogens is 705 g/mol. The van der Waals surface area contributed by atoms with Gasteiger partial charge in [0, 0.05) is 46.2 Å². The van der Waals surface area contributed by atoms with Crippen molar-refractivity contribution in [3.8, 4) is 0 Å². The van der Waals surface area contributed by atoms with E-state index in [9.17, 15) is 0 Å². The summed E-state index contributed by atoms with van der Waals surface area (Å²) in [6, 6.07) is 1.37. The van der Waals surface area contributed by atoms with Crippen LogP contribution in [0.3, 0.4) is 0 Å². The molecule has 9 aliphatic carbocycles. The highest BCUT2D eigenvalue weighted by Gasteiger charge is 2.55. The summed E-state index contributed by atoms with van der Waals surface area (Å²) in [5, 5.41) is 8.23. The van der Waals surface area contributed by atoms with E-state index in [-0.39, 0.29) is 12.2 Å². The van der Waals surface area contributed by atoms with Gasteiger partial charge in [0.1, 0.15) is 6.17 Å². The third-order valence-electron chi connectivity index (χ3n) is 15.6. The monoisotopic (exact) mass is 762 g/mol. The summed E-state index contributed by atoms with van der Waals surface area (Å²) in [4.78, 5) is 2.90. The average molecular weight is 763 g/mol. The van der Waals surface area contributed by atoms with Crippen LogP contribution in [0.15, 0.2) is 155 Å². The number of nitrogens with zero attached hydrogens (tertiary/aromatic N) is 2. The number of likely N-dealkylation sites (tertiary alicyclic amines) is 1. The van der Waals surface area contributed by atoms with Crippen molar-refractivity contribution in [3.05, 3.63) is 178 Å². The molecule has 0 spiro atoms. The van der Waals surface area contributed by atoms with Crippen LogP contribution in [0, 0.1) is 23.7 Å². The van der Waals surface area contributed by atoms with Gasteiger partial charge in [-0.05, 0) is 141 Å². The van der Waals surface area contributed by atoms with Gasteiger partial charge in [0.2, 0.25) is 0 Å². The van der Waals surface area contributed by atoms with Crippen LogP contribution in [0.1, 0.15) is 112 Å². The minimum Gasteiger partial charge on any atom is -0.366 e. The molecule has 9 unspecified atom stereocenters. The molecule has 4 heteroatoms. The molecule has 0 bridgehead atoms. The van der Waals surface area contributed by atoms with Crippen molar-refractivity contribution < 1.29 is 0 Å². The van der Waals surface area contributed by atoms with Crippen LogP contribution in [-0.2, 0) is 6.42 Å². The molecular formula is C54H58N4. The molecule has 12 rings (SSSR count). The molecule has 0 saturated carbocycles. The smallest absolute Gasteiger partial charge is 0.103 e. The van der Waals surface area contributed by atoms with E-state index in [2.05, 4.69) is 148 Å². The number of nitrogens with one attached hydrogen (secondary N) is 2. The molecule has 4 nitrogen and oxygen atoms in total. The number of hydrogen-bond acceptors (Lipinski definition) is 3. The Bertz CT molecular complexity index is 2350. The Balaban J connectivity index is 0.906. The lowest BCUT2D eigenvalue weighted by Gasteiger charge is -2.42. The van der Waals surface area contributed by atoms with Gasteiger partial charge in [-0.15, -0.1) is 0 Å². The summed E-state index contributed by atoms with van der Waals surface area (Å²) in [7, 11) is 0. The maximum atomic E-state index is 4.13. The van der Waals surface area contributed by atoms with E-state index in [0.717, 1.165) is 51.4 Å². The zero-order valence-corrected chi connectivity index (χ0v) is 33.9. The second-order valence-corrected chi connectivity index (χ2v) is 18.6. The van der Waals surface area contributed by atoms with E-state index >= 15 is 0 Å². The summed E-state index contributed by atoms with van der Waals surface area (Å²) < 4.78 is 2.86. The van der Waals surface area contributed by atoms with Crippen LogP contribution in [0.2, 0.25) is 0 Å². The Kier molecular flexibility index (Phi) is 8.78. The highest BCUT2D eigenvalue weighted by Crippen LogP contribution is 2.61. The molecule has 294 valence electrons. The topological polar surface area (TPSA) is 32.2 Å². The third-order valence-corrected chi connectivity index (χ3v) is 15.6. The van der Waals surface area contributed by atoms with E-state index in [0.29, 0.717) is 41.8 Å². The van der Waals surface area contributed by atoms with E-state index in [1.165, 1.54) is 60.3 Å². The Hall–Kier alpha value is -4.80. The number of rotatable bonds is 5. The van der Waals surface area contributed by atoms with Crippen LogP contribution in [0.4, 0.5) is 0 Å². The maximum Gasteiger partial charge on any atom is 0.103 e. The molecule has 1 aromatic rings. The molecule has 2 aliphatic heterocycles. The predicted molar refractivity (Wildman–Crippen MR) is 239 cm³/mol. The second kappa shape index (κ2) is 14.5. The standard InChI is InChI=1S/C54H58N4/c1-3-16-35(17-4-1)37-18-15-19-38(34-37)51-43-24-9-12-27-46(43)55-54(56-51)36-30-32-40(33-31-36)58-48-29-14-11-26-45(48)50-42-23-8-7-22-41(42)49-44-25-10-13-28-47(44)57(52(49)53(50)58)39-20-5-2-6-21-39/h1-5,7,9-10,13-14,16,19-20,22,24-25,28-32,35,37,40,44,46-47,49,52,54-56H,6,8,11-12,15,17-18,21,23,26-27,33-34H2. The van der Waals surface area contributed by atoms with Crippen LogP contribution in [0.5, 0.6) is 0 Å². The fourth-order valence-electron chi connectivity index (χ4n) is 13.0. The maximum absolute atomic E-state index is 4.13. The molecule has 1 aromatic heterocycles. The molecule has 0 radical (unpaired) electrons. The van der Waals surface area contributed by atoms with Crippen LogP contribution in [0.25, 0.3) is 11.6 Å². The summed E-state index contributed by atoms with van der Waals surface area (Å²) in [5.41, 5.74) is 16.9. The van der Waals surface area contributed by atoms with E-state index in [4.69, 9.17) is 0 Å².